The van der Waals surface area contributed by atoms with Crippen molar-refractivity contribution in [1.29, 1.82) is 0 Å². The normalized spacial score (nSPS) is 12.9. The number of aromatic hydroxyl groups is 1. The Morgan fingerprint density at radius 1 is 1.39 bits per heavy atom. The number of nitrogens with zero attached hydrogens (tertiary/aromatic N) is 1. The molecule has 18 heavy (non-hydrogen) atoms. The monoisotopic (exact) mass is 301 g/mol. The molecule has 1 N–H and O–H groups in total. The van der Waals surface area contributed by atoms with E-state index in [0.29, 0.717) is 27.0 Å². The van der Waals surface area contributed by atoms with Crippen molar-refractivity contribution < 1.29 is 14.6 Å². The van der Waals surface area contributed by atoms with E-state index in [-0.39, 0.29) is 12.7 Å². The van der Waals surface area contributed by atoms with Gasteiger partial charge in [0.25, 0.3) is 0 Å². The van der Waals surface area contributed by atoms with Crippen molar-refractivity contribution in [2.45, 2.75) is 6.54 Å². The Morgan fingerprint density at radius 2 is 2.11 bits per heavy atom. The van der Waals surface area contributed by atoms with Crippen LogP contribution in [-0.4, -0.2) is 16.5 Å². The molecular weight excluding hydrogens is 294 g/mol. The number of aromatic nitrogens is 1. The molecule has 2 heterocycles. The Bertz CT molecular complexity index is 665. The van der Waals surface area contributed by atoms with Gasteiger partial charge < -0.3 is 14.6 Å². The van der Waals surface area contributed by atoms with E-state index in [1.165, 1.54) is 11.3 Å². The molecule has 7 heteroatoms. The zero-order valence-electron chi connectivity index (χ0n) is 9.05. The van der Waals surface area contributed by atoms with Gasteiger partial charge in [0.15, 0.2) is 15.5 Å². The van der Waals surface area contributed by atoms with Gasteiger partial charge in [-0.25, -0.2) is 0 Å². The lowest BCUT2D eigenvalue weighted by molar-refractivity contribution is 0.174. The van der Waals surface area contributed by atoms with Crippen LogP contribution in [0.15, 0.2) is 17.5 Å². The van der Waals surface area contributed by atoms with Crippen LogP contribution in [0.1, 0.15) is 5.56 Å². The fourth-order valence-electron chi connectivity index (χ4n) is 1.72. The highest BCUT2D eigenvalue weighted by atomic mass is 35.5. The first-order chi connectivity index (χ1) is 8.65. The van der Waals surface area contributed by atoms with Crippen LogP contribution in [0.25, 0.3) is 0 Å². The molecule has 1 aliphatic rings. The molecule has 1 aromatic carbocycles. The van der Waals surface area contributed by atoms with Crippen molar-refractivity contribution in [3.63, 3.8) is 0 Å². The zero-order valence-corrected chi connectivity index (χ0v) is 11.4. The van der Waals surface area contributed by atoms with Crippen molar-refractivity contribution in [3.05, 3.63) is 32.1 Å². The van der Waals surface area contributed by atoms with Crippen LogP contribution in [0.4, 0.5) is 0 Å². The quantitative estimate of drug-likeness (QED) is 0.863. The van der Waals surface area contributed by atoms with Gasteiger partial charge in [0.1, 0.15) is 0 Å². The van der Waals surface area contributed by atoms with Gasteiger partial charge in [0.05, 0.1) is 11.9 Å². The van der Waals surface area contributed by atoms with E-state index in [2.05, 4.69) is 0 Å². The van der Waals surface area contributed by atoms with Crippen LogP contribution >= 0.6 is 35.2 Å². The molecule has 0 aliphatic carbocycles. The first kappa shape index (κ1) is 11.8. The second kappa shape index (κ2) is 4.46. The van der Waals surface area contributed by atoms with Gasteiger partial charge in [-0.05, 0) is 23.8 Å². The molecule has 0 radical (unpaired) electrons. The Kier molecular flexibility index (Phi) is 2.93. The van der Waals surface area contributed by atoms with Gasteiger partial charge in [0, 0.05) is 11.1 Å². The van der Waals surface area contributed by atoms with E-state index in [4.69, 9.17) is 33.3 Å². The molecule has 0 bridgehead atoms. The molecule has 0 amide bonds. The van der Waals surface area contributed by atoms with Gasteiger partial charge in [0.2, 0.25) is 12.7 Å². The highest BCUT2D eigenvalue weighted by Gasteiger charge is 2.17. The number of benzene rings is 1. The summed E-state index contributed by atoms with van der Waals surface area (Å²) < 4.78 is 12.7. The summed E-state index contributed by atoms with van der Waals surface area (Å²) in [5.74, 6) is 1.44. The molecule has 0 fully saturated rings. The summed E-state index contributed by atoms with van der Waals surface area (Å²) in [6, 6.07) is 3.52. The highest BCUT2D eigenvalue weighted by molar-refractivity contribution is 7.73. The summed E-state index contributed by atoms with van der Waals surface area (Å²) >= 11 is 12.6. The minimum absolute atomic E-state index is 0.138. The van der Waals surface area contributed by atoms with Crippen molar-refractivity contribution in [1.82, 2.24) is 4.57 Å². The lowest BCUT2D eigenvalue weighted by Gasteiger charge is -2.08. The van der Waals surface area contributed by atoms with E-state index in [0.717, 1.165) is 5.56 Å². The Labute approximate surface area is 117 Å². The third kappa shape index (κ3) is 1.96. The number of ether oxygens (including phenoxy) is 2. The van der Waals surface area contributed by atoms with Crippen LogP contribution in [0, 0.1) is 3.95 Å². The molecular formula is C11H8ClNO3S2. The molecule has 1 aromatic heterocycles. The molecule has 1 aliphatic heterocycles. The fourth-order valence-corrected chi connectivity index (χ4v) is 2.85. The average Bonchev–Trinajstić information content (AvgIpc) is 2.90. The second-order valence-electron chi connectivity index (χ2n) is 3.74. The number of fused-ring (bicyclic) bond motifs is 1. The smallest absolute Gasteiger partial charge is 0.231 e. The molecule has 0 spiro atoms. The fraction of sp³-hybridized carbons (Fsp3) is 0.182. The predicted molar refractivity (Wildman–Crippen MR) is 71.5 cm³/mol. The van der Waals surface area contributed by atoms with Gasteiger partial charge >= 0.3 is 0 Å². The van der Waals surface area contributed by atoms with Crippen LogP contribution in [-0.2, 0) is 6.54 Å². The molecule has 0 saturated carbocycles. The van der Waals surface area contributed by atoms with Gasteiger partial charge in [-0.3, -0.25) is 4.57 Å². The largest absolute Gasteiger partial charge is 0.494 e. The van der Waals surface area contributed by atoms with Crippen LogP contribution in [0.3, 0.4) is 0 Å². The van der Waals surface area contributed by atoms with Gasteiger partial charge in [-0.1, -0.05) is 11.6 Å². The number of rotatable bonds is 2. The van der Waals surface area contributed by atoms with Crippen LogP contribution in [0.2, 0.25) is 5.02 Å². The third-order valence-corrected chi connectivity index (χ3v) is 4.24. The van der Waals surface area contributed by atoms with Crippen molar-refractivity contribution in [2.24, 2.45) is 0 Å². The Hall–Kier alpha value is -1.24. The van der Waals surface area contributed by atoms with Gasteiger partial charge in [-0.2, -0.15) is 0 Å². The van der Waals surface area contributed by atoms with E-state index in [9.17, 15) is 5.11 Å². The maximum Gasteiger partial charge on any atom is 0.231 e. The maximum atomic E-state index is 9.68. The second-order valence-corrected chi connectivity index (χ2v) is 5.65. The average molecular weight is 302 g/mol. The third-order valence-electron chi connectivity index (χ3n) is 2.63. The summed E-state index contributed by atoms with van der Waals surface area (Å²) in [7, 11) is 0. The Balaban J connectivity index is 2.01. The van der Waals surface area contributed by atoms with Gasteiger partial charge in [-0.15, -0.1) is 11.3 Å². The standard InChI is InChI=1S/C11H8ClNO3S2/c12-7-2-9-8(15-5-16-9)1-6(7)3-13-10(14)4-18-11(13)17/h1-2,4,14H,3,5H2. The van der Waals surface area contributed by atoms with Crippen molar-refractivity contribution >= 4 is 35.2 Å². The van der Waals surface area contributed by atoms with Crippen LogP contribution in [0.5, 0.6) is 17.4 Å². The molecule has 94 valence electrons. The maximum absolute atomic E-state index is 9.68. The molecule has 0 unspecified atom stereocenters. The van der Waals surface area contributed by atoms with E-state index in [1.54, 1.807) is 16.0 Å². The molecule has 0 saturated heterocycles. The van der Waals surface area contributed by atoms with Crippen molar-refractivity contribution in [3.8, 4) is 17.4 Å². The zero-order chi connectivity index (χ0) is 12.7. The van der Waals surface area contributed by atoms with Crippen molar-refractivity contribution in [2.75, 3.05) is 6.79 Å². The SMILES string of the molecule is Oc1csc(=S)n1Cc1cc2c(cc1Cl)OCO2. The summed E-state index contributed by atoms with van der Waals surface area (Å²) in [5, 5.41) is 11.8. The summed E-state index contributed by atoms with van der Waals surface area (Å²) in [5.41, 5.74) is 0.825. The molecule has 2 aromatic rings. The topological polar surface area (TPSA) is 43.6 Å². The van der Waals surface area contributed by atoms with E-state index < -0.39 is 0 Å². The number of thiazole rings is 1. The first-order valence-corrected chi connectivity index (χ1v) is 6.77. The minimum atomic E-state index is 0.138. The van der Waals surface area contributed by atoms with Crippen LogP contribution < -0.4 is 9.47 Å². The number of hydrogen-bond donors (Lipinski definition) is 1. The molecule has 3 rings (SSSR count). The molecule has 0 atom stereocenters. The number of halogens is 1. The minimum Gasteiger partial charge on any atom is -0.494 e. The highest BCUT2D eigenvalue weighted by Crippen LogP contribution is 2.37. The van der Waals surface area contributed by atoms with E-state index in [1.807, 2.05) is 6.07 Å². The summed E-state index contributed by atoms with van der Waals surface area (Å²) in [6.45, 7) is 0.613. The molecule has 4 nitrogen and oxygen atoms in total. The summed E-state index contributed by atoms with van der Waals surface area (Å²) in [6.07, 6.45) is 0. The Morgan fingerprint density at radius 3 is 2.78 bits per heavy atom. The predicted octanol–water partition coefficient (Wildman–Crippen LogP) is 3.42. The summed E-state index contributed by atoms with van der Waals surface area (Å²) in [4.78, 5) is 0. The van der Waals surface area contributed by atoms with E-state index >= 15 is 0 Å². The lowest BCUT2D eigenvalue weighted by Crippen LogP contribution is -1.99. The number of hydrogen-bond acceptors (Lipinski definition) is 5. The first-order valence-electron chi connectivity index (χ1n) is 5.10. The lowest BCUT2D eigenvalue weighted by atomic mass is 10.2.